The van der Waals surface area contributed by atoms with Crippen LogP contribution in [0.4, 0.5) is 0 Å². The van der Waals surface area contributed by atoms with Gasteiger partial charge in [-0.3, -0.25) is 0 Å². The molecule has 1 aromatic heterocycles. The van der Waals surface area contributed by atoms with Gasteiger partial charge < -0.3 is 0 Å². The van der Waals surface area contributed by atoms with Gasteiger partial charge in [0.2, 0.25) is 0 Å². The summed E-state index contributed by atoms with van der Waals surface area (Å²) in [7, 11) is -2.06. The number of unbranched alkanes of at least 4 members (excludes halogenated alkanes) is 3. The number of rotatable bonds is 15. The average Bonchev–Trinajstić information content (AvgIpc) is 3.50. The van der Waals surface area contributed by atoms with Crippen molar-refractivity contribution >= 4 is 30.5 Å². The molecule has 0 saturated carbocycles. The number of nitrogens with zero attached hydrogens (tertiary/aromatic N) is 1. The first-order chi connectivity index (χ1) is 20.5. The van der Waals surface area contributed by atoms with Gasteiger partial charge in [-0.2, -0.15) is 0 Å². The molecule has 1 heterocycles. The Kier molecular flexibility index (Phi) is 12.3. The van der Waals surface area contributed by atoms with Crippen LogP contribution >= 0.6 is 0 Å². The van der Waals surface area contributed by atoms with Crippen molar-refractivity contribution < 1.29 is 8.84 Å². The molecule has 4 rings (SSSR count). The van der Waals surface area contributed by atoms with Gasteiger partial charge in [0.05, 0.1) is 0 Å². The van der Waals surface area contributed by atoms with Crippen molar-refractivity contribution in [2.75, 3.05) is 0 Å². The Bertz CT molecular complexity index is 1260. The molecule has 1 aliphatic carbocycles. The summed E-state index contributed by atoms with van der Waals surface area (Å²) in [6.07, 6.45) is 13.1. The van der Waals surface area contributed by atoms with Crippen LogP contribution in [-0.4, -0.2) is 31.7 Å². The van der Waals surface area contributed by atoms with Crippen molar-refractivity contribution in [3.05, 3.63) is 71.7 Å². The molecule has 0 bridgehead atoms. The van der Waals surface area contributed by atoms with Crippen LogP contribution in [-0.2, 0) is 17.3 Å². The molecule has 0 fully saturated rings. The predicted octanol–water partition coefficient (Wildman–Crippen LogP) is 11.3. The molecule has 3 nitrogen and oxygen atoms in total. The van der Waals surface area contributed by atoms with E-state index in [4.69, 9.17) is 13.8 Å². The first-order valence-corrected chi connectivity index (χ1v) is 27.7. The van der Waals surface area contributed by atoms with Crippen molar-refractivity contribution in [1.82, 2.24) is 4.98 Å². The van der Waals surface area contributed by atoms with Crippen LogP contribution in [0.25, 0.3) is 11.1 Å². The van der Waals surface area contributed by atoms with Crippen LogP contribution in [0.5, 0.6) is 0 Å². The van der Waals surface area contributed by atoms with Gasteiger partial charge >= 0.3 is 252 Å². The van der Waals surface area contributed by atoms with Crippen molar-refractivity contribution in [1.29, 1.82) is 0 Å². The number of hydrogen-bond donors (Lipinski definition) is 0. The fourth-order valence-electron chi connectivity index (χ4n) is 6.65. The summed E-state index contributed by atoms with van der Waals surface area (Å²) in [6, 6.07) is 17.9. The minimum absolute atomic E-state index is 0.0795. The number of oxazole rings is 1. The molecule has 1 aliphatic rings. The van der Waals surface area contributed by atoms with E-state index in [0.717, 1.165) is 25.2 Å². The summed E-state index contributed by atoms with van der Waals surface area (Å²) >= 11 is -2.73. The van der Waals surface area contributed by atoms with Gasteiger partial charge in [0.25, 0.3) is 0 Å². The first-order valence-electron chi connectivity index (χ1n) is 17.3. The number of aryl methyl sites for hydroxylation is 1. The molecule has 0 saturated heterocycles. The molecule has 43 heavy (non-hydrogen) atoms. The zero-order chi connectivity index (χ0) is 31.1. The first kappa shape index (κ1) is 34.5. The molecule has 5 heteroatoms. The van der Waals surface area contributed by atoms with Crippen LogP contribution in [0.1, 0.15) is 110 Å². The molecule has 236 valence electrons. The average molecular weight is 709 g/mol. The van der Waals surface area contributed by atoms with Gasteiger partial charge in [-0.05, 0) is 0 Å². The monoisotopic (exact) mass is 709 g/mol. The fourth-order valence-corrected chi connectivity index (χ4v) is 22.9. The van der Waals surface area contributed by atoms with Crippen LogP contribution in [0.2, 0.25) is 31.4 Å². The third kappa shape index (κ3) is 8.46. The maximum atomic E-state index is 7.31. The summed E-state index contributed by atoms with van der Waals surface area (Å²) in [4.78, 5) is 5.14. The Hall–Kier alpha value is -1.37. The molecule has 0 spiro atoms. The Morgan fingerprint density at radius 1 is 0.884 bits per heavy atom. The second kappa shape index (κ2) is 15.3. The Labute approximate surface area is 268 Å². The molecular weight excluding hydrogens is 649 g/mol. The summed E-state index contributed by atoms with van der Waals surface area (Å²) in [5, 5.41) is 0.129. The van der Waals surface area contributed by atoms with E-state index in [1.165, 1.54) is 77.9 Å². The maximum absolute atomic E-state index is 7.31. The van der Waals surface area contributed by atoms with E-state index in [2.05, 4.69) is 109 Å². The third-order valence-corrected chi connectivity index (χ3v) is 29.9. The topological polar surface area (TPSA) is 35.3 Å². The summed E-state index contributed by atoms with van der Waals surface area (Å²) < 4.78 is 19.9. The van der Waals surface area contributed by atoms with Gasteiger partial charge in [0.1, 0.15) is 0 Å². The second-order valence-electron chi connectivity index (χ2n) is 14.8. The van der Waals surface area contributed by atoms with Crippen molar-refractivity contribution in [3.8, 4) is 11.1 Å². The number of fused-ring (bicyclic) bond motifs is 1. The summed E-state index contributed by atoms with van der Waals surface area (Å²) in [6.45, 7) is 18.8. The van der Waals surface area contributed by atoms with Crippen molar-refractivity contribution in [2.45, 2.75) is 137 Å². The van der Waals surface area contributed by atoms with Gasteiger partial charge in [0, 0.05) is 0 Å². The third-order valence-electron chi connectivity index (χ3n) is 10.6. The van der Waals surface area contributed by atoms with E-state index in [1.807, 2.05) is 0 Å². The van der Waals surface area contributed by atoms with E-state index in [0.29, 0.717) is 5.92 Å². The van der Waals surface area contributed by atoms with Crippen LogP contribution in [0.15, 0.2) is 59.1 Å². The molecule has 0 aliphatic heterocycles. The van der Waals surface area contributed by atoms with Crippen LogP contribution in [0, 0.1) is 5.92 Å². The quantitative estimate of drug-likeness (QED) is 0.147. The Morgan fingerprint density at radius 2 is 1.51 bits per heavy atom. The summed E-state index contributed by atoms with van der Waals surface area (Å²) in [5.74, 6) is 1.25. The number of hydrogen-bond acceptors (Lipinski definition) is 3. The second-order valence-corrected chi connectivity index (χ2v) is 32.6. The Morgan fingerprint density at radius 3 is 2.09 bits per heavy atom. The molecular formula is C38H59NO2SiSn. The Balaban J connectivity index is 1.68. The van der Waals surface area contributed by atoms with Crippen LogP contribution in [0.3, 0.4) is 0 Å². The summed E-state index contributed by atoms with van der Waals surface area (Å²) in [5.41, 5.74) is 5.57. The molecule has 3 aromatic rings. The van der Waals surface area contributed by atoms with E-state index in [1.54, 1.807) is 0 Å². The molecule has 0 radical (unpaired) electrons. The zero-order valence-electron chi connectivity index (χ0n) is 28.6. The molecule has 2 unspecified atom stereocenters. The van der Waals surface area contributed by atoms with Gasteiger partial charge in [-0.25, -0.2) is 0 Å². The van der Waals surface area contributed by atoms with Crippen molar-refractivity contribution in [2.24, 2.45) is 5.92 Å². The predicted molar refractivity (Wildman–Crippen MR) is 189 cm³/mol. The van der Waals surface area contributed by atoms with Gasteiger partial charge in [-0.1, -0.05) is 18.2 Å². The molecule has 2 atom stereocenters. The van der Waals surface area contributed by atoms with E-state index < -0.39 is 26.7 Å². The SMILES string of the molecule is CCC[CH2][Sn]([CH2]CCC)([CH2]CCC)[c]1cnc(C(O[Si](C)(C)C(C)(C)C)C2CCc3cc(-c4ccccc4)ccc3C2)o1. The van der Waals surface area contributed by atoms with Gasteiger partial charge in [0.15, 0.2) is 0 Å². The number of aromatic nitrogens is 1. The molecule has 2 aromatic carbocycles. The van der Waals surface area contributed by atoms with E-state index in [-0.39, 0.29) is 11.1 Å². The van der Waals surface area contributed by atoms with E-state index in [9.17, 15) is 0 Å². The molecule has 0 amide bonds. The van der Waals surface area contributed by atoms with Crippen molar-refractivity contribution in [3.63, 3.8) is 0 Å². The van der Waals surface area contributed by atoms with Crippen LogP contribution < -0.4 is 3.78 Å². The standard InChI is InChI=1S/C26H32NO2Si.3C4H9.Sn/c1-26(2,3)30(4,5)29-24(25-27-15-16-28-25)23-14-13-21-17-20(11-12-22(21)18-23)19-9-7-6-8-10-19;3*1-3-4-2;/h6-12,15,17,23-24H,13-14,18H2,1-5H3;3*1,3-4H2,2H3;. The zero-order valence-corrected chi connectivity index (χ0v) is 32.5. The number of benzene rings is 2. The minimum atomic E-state index is -2.73. The normalized spacial score (nSPS) is 16.7. The van der Waals surface area contributed by atoms with E-state index >= 15 is 0 Å². The fraction of sp³-hybridized carbons (Fsp3) is 0.605. The molecule has 0 N–H and O–H groups in total. The van der Waals surface area contributed by atoms with Gasteiger partial charge in [-0.15, -0.1) is 0 Å².